The number of furan rings is 1. The number of non-ortho nitro benzene ring substituents is 1. The quantitative estimate of drug-likeness (QED) is 0.423. The molecule has 3 aromatic rings. The molecule has 0 atom stereocenters. The Kier molecular flexibility index (Phi) is 6.02. The first kappa shape index (κ1) is 20.2. The number of anilines is 1. The van der Waals surface area contributed by atoms with Crippen LogP contribution >= 0.6 is 23.2 Å². The van der Waals surface area contributed by atoms with Crippen LogP contribution in [0, 0.1) is 21.4 Å². The highest BCUT2D eigenvalue weighted by molar-refractivity contribution is 6.42. The lowest BCUT2D eigenvalue weighted by molar-refractivity contribution is -0.384. The molecule has 0 fully saturated rings. The predicted molar refractivity (Wildman–Crippen MR) is 105 cm³/mol. The van der Waals surface area contributed by atoms with E-state index in [9.17, 15) is 14.9 Å². The highest BCUT2D eigenvalue weighted by atomic mass is 35.5. The normalized spacial score (nSPS) is 10.2. The summed E-state index contributed by atoms with van der Waals surface area (Å²) < 4.78 is 11.0. The second-order valence-electron chi connectivity index (χ2n) is 5.66. The molecule has 0 aliphatic heterocycles. The molecule has 2 aromatic carbocycles. The lowest BCUT2D eigenvalue weighted by atomic mass is 10.1. The number of hydrogen-bond donors (Lipinski definition) is 1. The monoisotopic (exact) mass is 431 g/mol. The van der Waals surface area contributed by atoms with Crippen molar-refractivity contribution in [3.05, 3.63) is 85.8 Å². The maximum absolute atomic E-state index is 12.4. The van der Waals surface area contributed by atoms with Crippen LogP contribution in [-0.2, 0) is 6.61 Å². The molecule has 1 N–H and O–H groups in total. The third-order valence-corrected chi connectivity index (χ3v) is 4.56. The number of amides is 1. The van der Waals surface area contributed by atoms with Gasteiger partial charge in [-0.15, -0.1) is 0 Å². The smallest absolute Gasteiger partial charge is 0.291 e. The van der Waals surface area contributed by atoms with Crippen LogP contribution < -0.4 is 10.1 Å². The number of nitrogens with one attached hydrogen (secondary N) is 1. The zero-order chi connectivity index (χ0) is 21.0. The number of nitro benzene ring substituents is 1. The van der Waals surface area contributed by atoms with E-state index in [1.54, 1.807) is 24.3 Å². The van der Waals surface area contributed by atoms with Gasteiger partial charge < -0.3 is 14.5 Å². The van der Waals surface area contributed by atoms with Crippen LogP contribution in [-0.4, -0.2) is 10.8 Å². The third-order valence-electron chi connectivity index (χ3n) is 3.75. The van der Waals surface area contributed by atoms with E-state index in [-0.39, 0.29) is 34.3 Å². The van der Waals surface area contributed by atoms with Gasteiger partial charge in [-0.05, 0) is 30.3 Å². The van der Waals surface area contributed by atoms with Crippen molar-refractivity contribution in [1.29, 1.82) is 5.26 Å². The van der Waals surface area contributed by atoms with Gasteiger partial charge in [0.05, 0.1) is 21.2 Å². The van der Waals surface area contributed by atoms with Crippen LogP contribution in [0.4, 0.5) is 11.4 Å². The number of nitrogens with zero attached hydrogens (tertiary/aromatic N) is 2. The van der Waals surface area contributed by atoms with Gasteiger partial charge in [0.2, 0.25) is 0 Å². The molecule has 1 amide bonds. The fraction of sp³-hybridized carbons (Fsp3) is 0.0526. The molecule has 3 rings (SSSR count). The number of rotatable bonds is 6. The fourth-order valence-electron chi connectivity index (χ4n) is 2.35. The summed E-state index contributed by atoms with van der Waals surface area (Å²) in [7, 11) is 0. The molecule has 146 valence electrons. The third kappa shape index (κ3) is 4.66. The van der Waals surface area contributed by atoms with Crippen molar-refractivity contribution in [1.82, 2.24) is 0 Å². The van der Waals surface area contributed by atoms with Gasteiger partial charge >= 0.3 is 0 Å². The number of nitriles is 1. The van der Waals surface area contributed by atoms with Gasteiger partial charge in [-0.3, -0.25) is 14.9 Å². The van der Waals surface area contributed by atoms with E-state index in [1.807, 2.05) is 6.07 Å². The maximum Gasteiger partial charge on any atom is 0.291 e. The molecule has 0 bridgehead atoms. The van der Waals surface area contributed by atoms with Crippen LogP contribution in [0.15, 0.2) is 52.9 Å². The van der Waals surface area contributed by atoms with Crippen LogP contribution in [0.2, 0.25) is 10.0 Å². The molecule has 0 aliphatic rings. The Morgan fingerprint density at radius 1 is 1.24 bits per heavy atom. The minimum Gasteiger partial charge on any atom is -0.484 e. The molecule has 0 saturated carbocycles. The molecule has 1 aromatic heterocycles. The molecule has 0 spiro atoms. The van der Waals surface area contributed by atoms with Crippen LogP contribution in [0.1, 0.15) is 21.9 Å². The minimum absolute atomic E-state index is 0.00825. The summed E-state index contributed by atoms with van der Waals surface area (Å²) in [6.45, 7) is 0.00825. The van der Waals surface area contributed by atoms with Crippen molar-refractivity contribution in [2.45, 2.75) is 6.61 Å². The fourth-order valence-corrected chi connectivity index (χ4v) is 2.70. The standard InChI is InChI=1S/C19H11Cl2N3O5/c20-14-2-1-3-16(18(14)21)28-10-13-5-7-17(29-13)19(25)23-15-6-4-12(24(26)27)8-11(15)9-22/h1-8H,10H2,(H,23,25). The van der Waals surface area contributed by atoms with Gasteiger partial charge in [-0.2, -0.15) is 5.26 Å². The van der Waals surface area contributed by atoms with Gasteiger partial charge in [-0.25, -0.2) is 0 Å². The second kappa shape index (κ2) is 8.65. The van der Waals surface area contributed by atoms with E-state index in [1.165, 1.54) is 18.2 Å². The Morgan fingerprint density at radius 2 is 2.03 bits per heavy atom. The number of carbonyl (C=O) groups is 1. The first-order valence-corrected chi connectivity index (χ1v) is 8.80. The molecule has 0 saturated heterocycles. The van der Waals surface area contributed by atoms with E-state index in [0.717, 1.165) is 6.07 Å². The first-order chi connectivity index (χ1) is 13.9. The van der Waals surface area contributed by atoms with E-state index in [2.05, 4.69) is 5.32 Å². The molecule has 1 heterocycles. The van der Waals surface area contributed by atoms with Gasteiger partial charge in [0.25, 0.3) is 11.6 Å². The molecule has 0 unspecified atom stereocenters. The number of ether oxygens (including phenoxy) is 1. The highest BCUT2D eigenvalue weighted by Crippen LogP contribution is 2.32. The number of carbonyl (C=O) groups excluding carboxylic acids is 1. The Balaban J connectivity index is 1.69. The van der Waals surface area contributed by atoms with Crippen molar-refractivity contribution in [3.8, 4) is 11.8 Å². The van der Waals surface area contributed by atoms with Gasteiger partial charge in [0.15, 0.2) is 5.76 Å². The Morgan fingerprint density at radius 3 is 2.76 bits per heavy atom. The second-order valence-corrected chi connectivity index (χ2v) is 6.44. The Hall–Kier alpha value is -3.54. The minimum atomic E-state index is -0.628. The van der Waals surface area contributed by atoms with Gasteiger partial charge in [-0.1, -0.05) is 29.3 Å². The van der Waals surface area contributed by atoms with Crippen molar-refractivity contribution in [2.75, 3.05) is 5.32 Å². The molecule has 0 radical (unpaired) electrons. The lowest BCUT2D eigenvalue weighted by Gasteiger charge is -2.07. The molecular weight excluding hydrogens is 421 g/mol. The topological polar surface area (TPSA) is 118 Å². The summed E-state index contributed by atoms with van der Waals surface area (Å²) in [5, 5.41) is 23.0. The first-order valence-electron chi connectivity index (χ1n) is 8.04. The van der Waals surface area contributed by atoms with E-state index in [4.69, 9.17) is 37.6 Å². The zero-order valence-electron chi connectivity index (χ0n) is 14.5. The van der Waals surface area contributed by atoms with Crippen molar-refractivity contribution in [3.63, 3.8) is 0 Å². The summed E-state index contributed by atoms with van der Waals surface area (Å²) in [6.07, 6.45) is 0. The Bertz CT molecular complexity index is 1140. The van der Waals surface area contributed by atoms with Crippen molar-refractivity contribution < 1.29 is 18.9 Å². The largest absolute Gasteiger partial charge is 0.484 e. The van der Waals surface area contributed by atoms with E-state index >= 15 is 0 Å². The molecule has 8 nitrogen and oxygen atoms in total. The van der Waals surface area contributed by atoms with E-state index < -0.39 is 10.8 Å². The lowest BCUT2D eigenvalue weighted by Crippen LogP contribution is -2.12. The van der Waals surface area contributed by atoms with Crippen LogP contribution in [0.3, 0.4) is 0 Å². The average molecular weight is 432 g/mol. The summed E-state index contributed by atoms with van der Waals surface area (Å²) in [5.74, 6) is 0.0759. The number of halogens is 2. The summed E-state index contributed by atoms with van der Waals surface area (Å²) in [6, 6.07) is 13.3. The maximum atomic E-state index is 12.4. The van der Waals surface area contributed by atoms with Crippen LogP contribution in [0.25, 0.3) is 0 Å². The van der Waals surface area contributed by atoms with Crippen molar-refractivity contribution in [2.24, 2.45) is 0 Å². The molecule has 0 aliphatic carbocycles. The Labute approximate surface area is 174 Å². The summed E-state index contributed by atoms with van der Waals surface area (Å²) in [4.78, 5) is 22.5. The number of benzene rings is 2. The predicted octanol–water partition coefficient (Wildman–Crippen LogP) is 5.20. The zero-order valence-corrected chi connectivity index (χ0v) is 16.0. The van der Waals surface area contributed by atoms with Gasteiger partial charge in [0.1, 0.15) is 29.2 Å². The average Bonchev–Trinajstić information content (AvgIpc) is 3.18. The van der Waals surface area contributed by atoms with Gasteiger partial charge in [0, 0.05) is 12.1 Å². The highest BCUT2D eigenvalue weighted by Gasteiger charge is 2.16. The van der Waals surface area contributed by atoms with Crippen LogP contribution in [0.5, 0.6) is 5.75 Å². The summed E-state index contributed by atoms with van der Waals surface area (Å²) in [5.41, 5.74) is -0.169. The molecule has 29 heavy (non-hydrogen) atoms. The number of nitro groups is 1. The summed E-state index contributed by atoms with van der Waals surface area (Å²) >= 11 is 12.0. The molecular formula is C19H11Cl2N3O5. The SMILES string of the molecule is N#Cc1cc([N+](=O)[O-])ccc1NC(=O)c1ccc(COc2cccc(Cl)c2Cl)o1. The number of hydrogen-bond acceptors (Lipinski definition) is 6. The van der Waals surface area contributed by atoms with E-state index in [0.29, 0.717) is 16.5 Å². The van der Waals surface area contributed by atoms with Crippen molar-refractivity contribution >= 4 is 40.5 Å². The molecule has 10 heteroatoms.